The van der Waals surface area contributed by atoms with Gasteiger partial charge < -0.3 is 4.90 Å². The van der Waals surface area contributed by atoms with Gasteiger partial charge in [-0.1, -0.05) is 0 Å². The first kappa shape index (κ1) is 4.62. The van der Waals surface area contributed by atoms with Crippen LogP contribution in [0.25, 0.3) is 0 Å². The second-order valence-corrected chi connectivity index (χ2v) is 1.56. The first-order chi connectivity index (χ1) is 3.43. The van der Waals surface area contributed by atoms with Crippen LogP contribution < -0.4 is 0 Å². The maximum Gasteiger partial charge on any atom is 0.0851 e. The summed E-state index contributed by atoms with van der Waals surface area (Å²) in [6.07, 6.45) is 1.85. The molecule has 39 valence electrons. The summed E-state index contributed by atoms with van der Waals surface area (Å²) < 4.78 is 0. The van der Waals surface area contributed by atoms with Crippen LogP contribution in [0.15, 0.2) is 4.99 Å². The van der Waals surface area contributed by atoms with Crippen molar-refractivity contribution in [3.8, 4) is 0 Å². The van der Waals surface area contributed by atoms with Gasteiger partial charge in [-0.3, -0.25) is 4.99 Å². The van der Waals surface area contributed by atoms with Gasteiger partial charge in [0.2, 0.25) is 0 Å². The fraction of sp³-hybridized carbons (Fsp3) is 0.600. The van der Waals surface area contributed by atoms with Crippen LogP contribution in [0.4, 0.5) is 0 Å². The lowest BCUT2D eigenvalue weighted by Crippen LogP contribution is -2.18. The highest BCUT2D eigenvalue weighted by atomic mass is 15.2. The van der Waals surface area contributed by atoms with Crippen LogP contribution in [0.5, 0.6) is 0 Å². The molecule has 0 amide bonds. The Morgan fingerprint density at radius 3 is 3.00 bits per heavy atom. The molecular weight excluding hydrogens is 88.1 g/mol. The van der Waals surface area contributed by atoms with Gasteiger partial charge >= 0.3 is 0 Å². The third-order valence-electron chi connectivity index (χ3n) is 1.05. The van der Waals surface area contributed by atoms with Crippen LogP contribution in [-0.4, -0.2) is 30.9 Å². The molecule has 0 aliphatic carbocycles. The van der Waals surface area contributed by atoms with E-state index in [0.717, 1.165) is 19.6 Å². The summed E-state index contributed by atoms with van der Waals surface area (Å²) in [5.74, 6) is 0. The lowest BCUT2D eigenvalue weighted by atomic mass is 10.6. The molecule has 0 spiro atoms. The number of aliphatic imine (C=N–C) groups is 1. The fourth-order valence-corrected chi connectivity index (χ4v) is 0.587. The predicted molar refractivity (Wildman–Crippen MR) is 30.3 cm³/mol. The molecule has 1 aliphatic heterocycles. The second kappa shape index (κ2) is 1.96. The van der Waals surface area contributed by atoms with Gasteiger partial charge in [-0.2, -0.15) is 0 Å². The zero-order valence-corrected chi connectivity index (χ0v) is 4.30. The van der Waals surface area contributed by atoms with Crippen LogP contribution >= 0.6 is 0 Å². The van der Waals surface area contributed by atoms with Crippen LogP contribution in [0.2, 0.25) is 0 Å². The van der Waals surface area contributed by atoms with Gasteiger partial charge in [0.25, 0.3) is 0 Å². The summed E-state index contributed by atoms with van der Waals surface area (Å²) in [6.45, 7) is 6.57. The van der Waals surface area contributed by atoms with Crippen LogP contribution in [0, 0.1) is 6.92 Å². The molecule has 0 bridgehead atoms. The molecule has 2 nitrogen and oxygen atoms in total. The molecule has 2 heteroatoms. The SMILES string of the molecule is [CH2]CN1C=NCC1. The maximum atomic E-state index is 4.00. The Bertz CT molecular complexity index is 78.1. The molecule has 0 aromatic carbocycles. The average molecular weight is 97.1 g/mol. The minimum atomic E-state index is 0.851. The number of hydrogen-bond acceptors (Lipinski definition) is 2. The van der Waals surface area contributed by atoms with Crippen molar-refractivity contribution in [3.63, 3.8) is 0 Å². The Balaban J connectivity index is 2.28. The third kappa shape index (κ3) is 0.918. The highest BCUT2D eigenvalue weighted by molar-refractivity contribution is 5.56. The number of hydrogen-bond donors (Lipinski definition) is 0. The number of rotatable bonds is 1. The predicted octanol–water partition coefficient (Wildman–Crippen LogP) is 0.164. The molecule has 0 aromatic heterocycles. The molecular formula is C5H9N2. The molecule has 1 rings (SSSR count). The van der Waals surface area contributed by atoms with Crippen molar-refractivity contribution < 1.29 is 0 Å². The average Bonchev–Trinajstić information content (AvgIpc) is 2.14. The van der Waals surface area contributed by atoms with E-state index >= 15 is 0 Å². The van der Waals surface area contributed by atoms with E-state index in [9.17, 15) is 0 Å². The normalized spacial score (nSPS) is 18.7. The van der Waals surface area contributed by atoms with E-state index in [2.05, 4.69) is 16.8 Å². The summed E-state index contributed by atoms with van der Waals surface area (Å²) in [7, 11) is 0. The van der Waals surface area contributed by atoms with E-state index in [4.69, 9.17) is 0 Å². The molecule has 0 aromatic rings. The lowest BCUT2D eigenvalue weighted by Gasteiger charge is -2.07. The lowest BCUT2D eigenvalue weighted by molar-refractivity contribution is 0.517. The van der Waals surface area contributed by atoms with E-state index in [1.807, 2.05) is 6.34 Å². The highest BCUT2D eigenvalue weighted by Crippen LogP contribution is 1.89. The van der Waals surface area contributed by atoms with E-state index in [1.54, 1.807) is 0 Å². The van der Waals surface area contributed by atoms with E-state index in [1.165, 1.54) is 0 Å². The van der Waals surface area contributed by atoms with Gasteiger partial charge in [-0.05, 0) is 6.92 Å². The zero-order valence-electron chi connectivity index (χ0n) is 4.30. The van der Waals surface area contributed by atoms with Crippen LogP contribution in [-0.2, 0) is 0 Å². The maximum absolute atomic E-state index is 4.00. The minimum absolute atomic E-state index is 0.851. The van der Waals surface area contributed by atoms with Crippen molar-refractivity contribution in [2.75, 3.05) is 19.6 Å². The second-order valence-electron chi connectivity index (χ2n) is 1.56. The summed E-state index contributed by atoms with van der Waals surface area (Å²) >= 11 is 0. The van der Waals surface area contributed by atoms with Crippen LogP contribution in [0.1, 0.15) is 0 Å². The molecule has 7 heavy (non-hydrogen) atoms. The monoisotopic (exact) mass is 97.1 g/mol. The van der Waals surface area contributed by atoms with Crippen LogP contribution in [0.3, 0.4) is 0 Å². The molecule has 0 atom stereocenters. The minimum Gasteiger partial charge on any atom is -0.361 e. The van der Waals surface area contributed by atoms with Crippen molar-refractivity contribution in [2.45, 2.75) is 0 Å². The molecule has 1 aliphatic rings. The van der Waals surface area contributed by atoms with Gasteiger partial charge in [-0.15, -0.1) is 0 Å². The van der Waals surface area contributed by atoms with E-state index in [0.29, 0.717) is 0 Å². The first-order valence-electron chi connectivity index (χ1n) is 2.47. The Hall–Kier alpha value is -0.530. The van der Waals surface area contributed by atoms with Gasteiger partial charge in [0, 0.05) is 13.1 Å². The molecule has 0 saturated carbocycles. The van der Waals surface area contributed by atoms with Gasteiger partial charge in [-0.25, -0.2) is 0 Å². The standard InChI is InChI=1S/C5H9N2/c1-2-7-4-3-6-5-7/h5H,1-4H2. The zero-order chi connectivity index (χ0) is 5.11. The van der Waals surface area contributed by atoms with E-state index in [-0.39, 0.29) is 0 Å². The van der Waals surface area contributed by atoms with Gasteiger partial charge in [0.1, 0.15) is 0 Å². The van der Waals surface area contributed by atoms with Crippen molar-refractivity contribution >= 4 is 6.34 Å². The Kier molecular flexibility index (Phi) is 1.29. The summed E-state index contributed by atoms with van der Waals surface area (Å²) in [5.41, 5.74) is 0. The fourth-order valence-electron chi connectivity index (χ4n) is 0.587. The molecule has 0 unspecified atom stereocenters. The Morgan fingerprint density at radius 1 is 1.86 bits per heavy atom. The summed E-state index contributed by atoms with van der Waals surface area (Å²) in [4.78, 5) is 6.08. The summed E-state index contributed by atoms with van der Waals surface area (Å²) in [6, 6.07) is 0. The van der Waals surface area contributed by atoms with Crippen molar-refractivity contribution in [1.82, 2.24) is 4.90 Å². The van der Waals surface area contributed by atoms with Gasteiger partial charge in [0.15, 0.2) is 0 Å². The van der Waals surface area contributed by atoms with Crippen molar-refractivity contribution in [2.24, 2.45) is 4.99 Å². The smallest absolute Gasteiger partial charge is 0.0851 e. The Morgan fingerprint density at radius 2 is 2.71 bits per heavy atom. The first-order valence-corrected chi connectivity index (χ1v) is 2.47. The van der Waals surface area contributed by atoms with Crippen molar-refractivity contribution in [3.05, 3.63) is 6.92 Å². The quantitative estimate of drug-likeness (QED) is 0.455. The van der Waals surface area contributed by atoms with Crippen molar-refractivity contribution in [1.29, 1.82) is 0 Å². The van der Waals surface area contributed by atoms with Gasteiger partial charge in [0.05, 0.1) is 12.9 Å². The molecule has 0 saturated heterocycles. The van der Waals surface area contributed by atoms with E-state index < -0.39 is 0 Å². The largest absolute Gasteiger partial charge is 0.361 e. The molecule has 1 heterocycles. The topological polar surface area (TPSA) is 15.6 Å². The number of nitrogens with zero attached hydrogens (tertiary/aromatic N) is 2. The molecule has 0 fully saturated rings. The molecule has 0 N–H and O–H groups in total. The Labute approximate surface area is 43.8 Å². The molecule has 1 radical (unpaired) electrons. The summed E-state index contributed by atoms with van der Waals surface area (Å²) in [5, 5.41) is 0. The highest BCUT2D eigenvalue weighted by Gasteiger charge is 1.98. The third-order valence-corrected chi connectivity index (χ3v) is 1.05.